The number of aryl methyl sites for hydroxylation is 1. The fourth-order valence-electron chi connectivity index (χ4n) is 3.61. The first kappa shape index (κ1) is 19.8. The molecule has 0 saturated carbocycles. The Balaban J connectivity index is 1.78. The standard InChI is InChI=1S/C21H35N3O/c1-17(2)24-14-6-7-19(16-24)15-23(5)21(25)13-10-18-8-11-20(12-9-18)22(3)4/h8-9,11-12,17,19H,6-7,10,13-16H2,1-5H3/t19-/m1/s1. The van der Waals surface area contributed by atoms with Crippen molar-refractivity contribution in [3.63, 3.8) is 0 Å². The van der Waals surface area contributed by atoms with Gasteiger partial charge in [0.2, 0.25) is 5.91 Å². The number of amides is 1. The molecule has 2 rings (SSSR count). The molecule has 140 valence electrons. The van der Waals surface area contributed by atoms with E-state index >= 15 is 0 Å². The van der Waals surface area contributed by atoms with E-state index in [9.17, 15) is 4.79 Å². The monoisotopic (exact) mass is 345 g/mol. The molecule has 1 aromatic carbocycles. The van der Waals surface area contributed by atoms with Crippen LogP contribution in [0.5, 0.6) is 0 Å². The molecule has 0 unspecified atom stereocenters. The summed E-state index contributed by atoms with van der Waals surface area (Å²) >= 11 is 0. The predicted octanol–water partition coefficient (Wildman–Crippen LogP) is 3.26. The highest BCUT2D eigenvalue weighted by atomic mass is 16.2. The molecule has 1 aliphatic rings. The Morgan fingerprint density at radius 2 is 1.88 bits per heavy atom. The SMILES string of the molecule is CC(C)N1CCC[C@H](CN(C)C(=O)CCc2ccc(N(C)C)cc2)C1. The predicted molar refractivity (Wildman–Crippen MR) is 106 cm³/mol. The van der Waals surface area contributed by atoms with Gasteiger partial charge >= 0.3 is 0 Å². The number of hydrogen-bond donors (Lipinski definition) is 0. The first-order chi connectivity index (χ1) is 11.9. The molecule has 1 aliphatic heterocycles. The molecule has 1 amide bonds. The van der Waals surface area contributed by atoms with E-state index < -0.39 is 0 Å². The molecule has 0 spiro atoms. The minimum absolute atomic E-state index is 0.262. The van der Waals surface area contributed by atoms with Gasteiger partial charge in [-0.15, -0.1) is 0 Å². The fraction of sp³-hybridized carbons (Fsp3) is 0.667. The molecule has 4 nitrogen and oxygen atoms in total. The average molecular weight is 346 g/mol. The van der Waals surface area contributed by atoms with Crippen LogP contribution in [0.25, 0.3) is 0 Å². The summed E-state index contributed by atoms with van der Waals surface area (Å²) < 4.78 is 0. The lowest BCUT2D eigenvalue weighted by molar-refractivity contribution is -0.130. The molecule has 4 heteroatoms. The van der Waals surface area contributed by atoms with Crippen LogP contribution >= 0.6 is 0 Å². The minimum atomic E-state index is 0.262. The van der Waals surface area contributed by atoms with Crippen LogP contribution in [0.4, 0.5) is 5.69 Å². The lowest BCUT2D eigenvalue weighted by Gasteiger charge is -2.37. The topological polar surface area (TPSA) is 26.8 Å². The summed E-state index contributed by atoms with van der Waals surface area (Å²) in [6.45, 7) is 7.75. The van der Waals surface area contributed by atoms with Crippen LogP contribution in [0, 0.1) is 5.92 Å². The number of piperidine rings is 1. The molecule has 1 aromatic rings. The highest BCUT2D eigenvalue weighted by Crippen LogP contribution is 2.20. The quantitative estimate of drug-likeness (QED) is 0.759. The second-order valence-electron chi connectivity index (χ2n) is 7.93. The lowest BCUT2D eigenvalue weighted by Crippen LogP contribution is -2.44. The van der Waals surface area contributed by atoms with Gasteiger partial charge in [-0.1, -0.05) is 12.1 Å². The second-order valence-corrected chi connectivity index (χ2v) is 7.93. The Labute approximate surface area is 153 Å². The van der Waals surface area contributed by atoms with Gasteiger partial charge in [-0.2, -0.15) is 0 Å². The smallest absolute Gasteiger partial charge is 0.222 e. The summed E-state index contributed by atoms with van der Waals surface area (Å²) in [6.07, 6.45) is 3.91. The fourth-order valence-corrected chi connectivity index (χ4v) is 3.61. The maximum Gasteiger partial charge on any atom is 0.222 e. The zero-order valence-electron chi connectivity index (χ0n) is 16.7. The van der Waals surface area contributed by atoms with Crippen LogP contribution in [0.2, 0.25) is 0 Å². The van der Waals surface area contributed by atoms with Gasteiger partial charge in [0.05, 0.1) is 0 Å². The van der Waals surface area contributed by atoms with Crippen LogP contribution < -0.4 is 4.90 Å². The zero-order chi connectivity index (χ0) is 18.4. The van der Waals surface area contributed by atoms with Crippen molar-refractivity contribution in [2.24, 2.45) is 5.92 Å². The van der Waals surface area contributed by atoms with Gasteiger partial charge in [-0.25, -0.2) is 0 Å². The Kier molecular flexibility index (Phi) is 7.30. The van der Waals surface area contributed by atoms with E-state index in [4.69, 9.17) is 0 Å². The van der Waals surface area contributed by atoms with Crippen LogP contribution in [0.3, 0.4) is 0 Å². The van der Waals surface area contributed by atoms with E-state index in [1.54, 1.807) is 0 Å². The second kappa shape index (κ2) is 9.23. The summed E-state index contributed by atoms with van der Waals surface area (Å²) in [5, 5.41) is 0. The summed E-state index contributed by atoms with van der Waals surface area (Å²) in [4.78, 5) is 19.1. The van der Waals surface area contributed by atoms with Crippen molar-refractivity contribution < 1.29 is 4.79 Å². The molecule has 0 radical (unpaired) electrons. The average Bonchev–Trinajstić information content (AvgIpc) is 2.60. The molecule has 0 aromatic heterocycles. The van der Waals surface area contributed by atoms with E-state index in [2.05, 4.69) is 47.9 Å². The zero-order valence-corrected chi connectivity index (χ0v) is 16.7. The third kappa shape index (κ3) is 6.03. The summed E-state index contributed by atoms with van der Waals surface area (Å²) in [5.74, 6) is 0.878. The summed E-state index contributed by atoms with van der Waals surface area (Å²) in [6, 6.07) is 9.10. The van der Waals surface area contributed by atoms with Crippen LogP contribution in [-0.2, 0) is 11.2 Å². The van der Waals surface area contributed by atoms with Gasteiger partial charge in [0, 0.05) is 52.4 Å². The van der Waals surface area contributed by atoms with Gasteiger partial charge in [0.1, 0.15) is 0 Å². The Morgan fingerprint density at radius 3 is 2.48 bits per heavy atom. The highest BCUT2D eigenvalue weighted by molar-refractivity contribution is 5.76. The Bertz CT molecular complexity index is 539. The largest absolute Gasteiger partial charge is 0.378 e. The van der Waals surface area contributed by atoms with Gasteiger partial charge in [0.25, 0.3) is 0 Å². The van der Waals surface area contributed by atoms with E-state index in [1.165, 1.54) is 30.6 Å². The molecule has 0 aliphatic carbocycles. The van der Waals surface area contributed by atoms with Crippen LogP contribution in [0.15, 0.2) is 24.3 Å². The van der Waals surface area contributed by atoms with Gasteiger partial charge in [0.15, 0.2) is 0 Å². The van der Waals surface area contributed by atoms with E-state index in [-0.39, 0.29) is 5.91 Å². The number of carbonyl (C=O) groups excluding carboxylic acids is 1. The molecule has 1 fully saturated rings. The number of benzene rings is 1. The summed E-state index contributed by atoms with van der Waals surface area (Å²) in [7, 11) is 6.05. The van der Waals surface area contributed by atoms with E-state index in [0.29, 0.717) is 18.4 Å². The van der Waals surface area contributed by atoms with Crippen molar-refractivity contribution in [2.75, 3.05) is 45.7 Å². The van der Waals surface area contributed by atoms with Gasteiger partial charge in [-0.05, 0) is 63.3 Å². The van der Waals surface area contributed by atoms with Crippen molar-refractivity contribution in [1.29, 1.82) is 0 Å². The molecular formula is C21H35N3O. The van der Waals surface area contributed by atoms with E-state index in [0.717, 1.165) is 19.5 Å². The first-order valence-corrected chi connectivity index (χ1v) is 9.61. The van der Waals surface area contributed by atoms with Crippen molar-refractivity contribution in [2.45, 2.75) is 45.6 Å². The number of anilines is 1. The maximum absolute atomic E-state index is 12.5. The van der Waals surface area contributed by atoms with E-state index in [1.807, 2.05) is 26.0 Å². The molecule has 1 saturated heterocycles. The number of carbonyl (C=O) groups is 1. The van der Waals surface area contributed by atoms with Crippen molar-refractivity contribution >= 4 is 11.6 Å². The summed E-state index contributed by atoms with van der Waals surface area (Å²) in [5.41, 5.74) is 2.43. The molecule has 1 atom stereocenters. The first-order valence-electron chi connectivity index (χ1n) is 9.61. The molecule has 25 heavy (non-hydrogen) atoms. The third-order valence-corrected chi connectivity index (χ3v) is 5.32. The number of nitrogens with zero attached hydrogens (tertiary/aromatic N) is 3. The normalized spacial score (nSPS) is 18.4. The number of likely N-dealkylation sites (tertiary alicyclic amines) is 1. The van der Waals surface area contributed by atoms with Gasteiger partial charge < -0.3 is 14.7 Å². The minimum Gasteiger partial charge on any atom is -0.378 e. The van der Waals surface area contributed by atoms with Crippen LogP contribution in [0.1, 0.15) is 38.7 Å². The Hall–Kier alpha value is -1.55. The number of rotatable bonds is 7. The third-order valence-electron chi connectivity index (χ3n) is 5.32. The Morgan fingerprint density at radius 1 is 1.20 bits per heavy atom. The van der Waals surface area contributed by atoms with Crippen molar-refractivity contribution in [1.82, 2.24) is 9.80 Å². The van der Waals surface area contributed by atoms with Gasteiger partial charge in [-0.3, -0.25) is 4.79 Å². The highest BCUT2D eigenvalue weighted by Gasteiger charge is 2.23. The molecular weight excluding hydrogens is 310 g/mol. The number of hydrogen-bond acceptors (Lipinski definition) is 3. The molecule has 0 bridgehead atoms. The lowest BCUT2D eigenvalue weighted by atomic mass is 9.96. The van der Waals surface area contributed by atoms with Crippen molar-refractivity contribution in [3.8, 4) is 0 Å². The molecule has 1 heterocycles. The molecule has 0 N–H and O–H groups in total. The maximum atomic E-state index is 12.5. The van der Waals surface area contributed by atoms with Crippen molar-refractivity contribution in [3.05, 3.63) is 29.8 Å². The van der Waals surface area contributed by atoms with Crippen LogP contribution in [-0.4, -0.2) is 62.5 Å².